The summed E-state index contributed by atoms with van der Waals surface area (Å²) in [5.41, 5.74) is 0.551. The zero-order chi connectivity index (χ0) is 17.0. The zero-order valence-corrected chi connectivity index (χ0v) is 14.5. The molecule has 0 radical (unpaired) electrons. The molecule has 2 rings (SSSR count). The lowest BCUT2D eigenvalue weighted by Crippen LogP contribution is -2.34. The number of ether oxygens (including phenoxy) is 1. The van der Waals surface area contributed by atoms with E-state index in [-0.39, 0.29) is 12.6 Å². The van der Waals surface area contributed by atoms with E-state index in [1.807, 2.05) is 0 Å². The van der Waals surface area contributed by atoms with Crippen LogP contribution in [-0.2, 0) is 9.84 Å². The minimum atomic E-state index is -3.11. The number of nitrogens with zero attached hydrogens (tertiary/aromatic N) is 2. The lowest BCUT2D eigenvalue weighted by molar-refractivity contribution is 0.222. The monoisotopic (exact) mass is 341 g/mol. The number of sulfone groups is 1. The minimum Gasteiger partial charge on any atom is -0.477 e. The Hall–Kier alpha value is -1.83. The first-order valence-corrected chi connectivity index (χ1v) is 9.55. The van der Waals surface area contributed by atoms with Crippen LogP contribution in [0, 0.1) is 5.92 Å². The van der Waals surface area contributed by atoms with Gasteiger partial charge in [0.05, 0.1) is 23.7 Å². The number of anilines is 1. The number of hydrogen-bond donors (Lipinski definition) is 1. The van der Waals surface area contributed by atoms with Gasteiger partial charge in [0.2, 0.25) is 5.88 Å². The predicted molar refractivity (Wildman–Crippen MR) is 88.4 cm³/mol. The Kier molecular flexibility index (Phi) is 5.46. The first-order chi connectivity index (χ1) is 10.8. The molecule has 1 saturated heterocycles. The number of hydrogen-bond acceptors (Lipinski definition) is 5. The fourth-order valence-electron chi connectivity index (χ4n) is 2.26. The van der Waals surface area contributed by atoms with Crippen LogP contribution in [0.5, 0.6) is 5.88 Å². The molecule has 0 spiro atoms. The van der Waals surface area contributed by atoms with Gasteiger partial charge in [-0.15, -0.1) is 0 Å². The van der Waals surface area contributed by atoms with Crippen molar-refractivity contribution in [2.24, 2.45) is 5.92 Å². The quantitative estimate of drug-likeness (QED) is 0.882. The molecule has 1 aliphatic heterocycles. The van der Waals surface area contributed by atoms with Crippen LogP contribution >= 0.6 is 0 Å². The molecule has 1 aliphatic rings. The van der Waals surface area contributed by atoms with Crippen LogP contribution in [0.25, 0.3) is 0 Å². The molecule has 1 aromatic rings. The van der Waals surface area contributed by atoms with Gasteiger partial charge in [-0.05, 0) is 18.4 Å². The topological polar surface area (TPSA) is 88.6 Å². The van der Waals surface area contributed by atoms with Crippen LogP contribution < -0.4 is 10.1 Å². The highest BCUT2D eigenvalue weighted by atomic mass is 32.2. The van der Waals surface area contributed by atoms with Crippen LogP contribution in [0.1, 0.15) is 20.3 Å². The molecule has 1 aromatic heterocycles. The highest BCUT2D eigenvalue weighted by molar-refractivity contribution is 7.91. The third kappa shape index (κ3) is 5.09. The zero-order valence-electron chi connectivity index (χ0n) is 13.7. The van der Waals surface area contributed by atoms with Crippen LogP contribution in [-0.4, -0.2) is 55.5 Å². The third-order valence-electron chi connectivity index (χ3n) is 3.59. The Labute approximate surface area is 137 Å². The Morgan fingerprint density at radius 1 is 1.48 bits per heavy atom. The fraction of sp³-hybridized carbons (Fsp3) is 0.600. The minimum absolute atomic E-state index is 0.230. The number of pyridine rings is 1. The standard InChI is InChI=1S/C15H23N3O4S/c1-11(2)10-22-14-5-4-12(8-16-14)17-15(19)18-7-6-13(9-18)23(3,20)21/h4-5,8,11,13H,6-7,9-10H2,1-3H3,(H,17,19)/t13-/m1/s1. The number of amides is 2. The van der Waals surface area contributed by atoms with Crippen molar-refractivity contribution in [3.8, 4) is 5.88 Å². The van der Waals surface area contributed by atoms with E-state index in [1.54, 1.807) is 12.1 Å². The number of nitrogens with one attached hydrogen (secondary N) is 1. The first-order valence-electron chi connectivity index (χ1n) is 7.59. The summed E-state index contributed by atoms with van der Waals surface area (Å²) in [7, 11) is -3.11. The number of aromatic nitrogens is 1. The van der Waals surface area contributed by atoms with Gasteiger partial charge in [-0.1, -0.05) is 13.8 Å². The smallest absolute Gasteiger partial charge is 0.321 e. The van der Waals surface area contributed by atoms with E-state index < -0.39 is 15.1 Å². The average molecular weight is 341 g/mol. The summed E-state index contributed by atoms with van der Waals surface area (Å²) in [6.07, 6.45) is 3.21. The summed E-state index contributed by atoms with van der Waals surface area (Å²) in [6, 6.07) is 3.10. The number of carbonyl (C=O) groups is 1. The molecule has 23 heavy (non-hydrogen) atoms. The van der Waals surface area contributed by atoms with E-state index in [1.165, 1.54) is 17.4 Å². The molecule has 2 amide bonds. The van der Waals surface area contributed by atoms with Crippen molar-refractivity contribution in [3.05, 3.63) is 18.3 Å². The van der Waals surface area contributed by atoms with Gasteiger partial charge < -0.3 is 15.0 Å². The van der Waals surface area contributed by atoms with Gasteiger partial charge in [-0.3, -0.25) is 0 Å². The second-order valence-corrected chi connectivity index (χ2v) is 8.53. The summed E-state index contributed by atoms with van der Waals surface area (Å²) in [6.45, 7) is 5.35. The van der Waals surface area contributed by atoms with E-state index in [0.29, 0.717) is 37.1 Å². The molecule has 2 heterocycles. The van der Waals surface area contributed by atoms with Gasteiger partial charge in [-0.25, -0.2) is 18.2 Å². The molecule has 1 N–H and O–H groups in total. The molecule has 1 fully saturated rings. The number of urea groups is 1. The molecule has 0 unspecified atom stereocenters. The second kappa shape index (κ2) is 7.16. The summed E-state index contributed by atoms with van der Waals surface area (Å²) in [4.78, 5) is 17.8. The lowest BCUT2D eigenvalue weighted by atomic mass is 10.2. The van der Waals surface area contributed by atoms with E-state index in [9.17, 15) is 13.2 Å². The first kappa shape index (κ1) is 17.5. The summed E-state index contributed by atoms with van der Waals surface area (Å²) in [5, 5.41) is 2.25. The van der Waals surface area contributed by atoms with Crippen LogP contribution in [0.4, 0.5) is 10.5 Å². The molecule has 0 aromatic carbocycles. The summed E-state index contributed by atoms with van der Waals surface area (Å²) >= 11 is 0. The lowest BCUT2D eigenvalue weighted by Gasteiger charge is -2.17. The molecule has 8 heteroatoms. The maximum Gasteiger partial charge on any atom is 0.321 e. The van der Waals surface area contributed by atoms with Crippen LogP contribution in [0.3, 0.4) is 0 Å². The maximum atomic E-state index is 12.1. The molecule has 128 valence electrons. The maximum absolute atomic E-state index is 12.1. The van der Waals surface area contributed by atoms with Gasteiger partial charge in [-0.2, -0.15) is 0 Å². The Morgan fingerprint density at radius 2 is 2.22 bits per heavy atom. The van der Waals surface area contributed by atoms with E-state index in [0.717, 1.165) is 0 Å². The molecule has 1 atom stereocenters. The number of likely N-dealkylation sites (tertiary alicyclic amines) is 1. The van der Waals surface area contributed by atoms with Crippen molar-refractivity contribution < 1.29 is 17.9 Å². The van der Waals surface area contributed by atoms with Crippen molar-refractivity contribution in [3.63, 3.8) is 0 Å². The highest BCUT2D eigenvalue weighted by Crippen LogP contribution is 2.18. The van der Waals surface area contributed by atoms with E-state index in [4.69, 9.17) is 4.74 Å². The summed E-state index contributed by atoms with van der Waals surface area (Å²) < 4.78 is 28.5. The van der Waals surface area contributed by atoms with Gasteiger partial charge in [0.1, 0.15) is 0 Å². The largest absolute Gasteiger partial charge is 0.477 e. The molecule has 0 saturated carbocycles. The van der Waals surface area contributed by atoms with E-state index in [2.05, 4.69) is 24.1 Å². The van der Waals surface area contributed by atoms with Crippen molar-refractivity contribution in [1.82, 2.24) is 9.88 Å². The Balaban J connectivity index is 1.88. The number of rotatable bonds is 5. The molecule has 0 bridgehead atoms. The predicted octanol–water partition coefficient (Wildman–Crippen LogP) is 1.77. The third-order valence-corrected chi connectivity index (χ3v) is 5.19. The SMILES string of the molecule is CC(C)COc1ccc(NC(=O)N2CC[C@@H](S(C)(=O)=O)C2)cn1. The van der Waals surface area contributed by atoms with Crippen molar-refractivity contribution >= 4 is 21.6 Å². The van der Waals surface area contributed by atoms with Gasteiger partial charge in [0.25, 0.3) is 0 Å². The summed E-state index contributed by atoms with van der Waals surface area (Å²) in [5.74, 6) is 0.921. The van der Waals surface area contributed by atoms with Gasteiger partial charge in [0, 0.05) is 25.4 Å². The van der Waals surface area contributed by atoms with Crippen LogP contribution in [0.15, 0.2) is 18.3 Å². The number of carbonyl (C=O) groups excluding carboxylic acids is 1. The molecular weight excluding hydrogens is 318 g/mol. The van der Waals surface area contributed by atoms with Gasteiger partial charge >= 0.3 is 6.03 Å². The molecule has 7 nitrogen and oxygen atoms in total. The van der Waals surface area contributed by atoms with Gasteiger partial charge in [0.15, 0.2) is 9.84 Å². The van der Waals surface area contributed by atoms with Crippen molar-refractivity contribution in [2.75, 3.05) is 31.3 Å². The second-order valence-electron chi connectivity index (χ2n) is 6.21. The van der Waals surface area contributed by atoms with Crippen molar-refractivity contribution in [2.45, 2.75) is 25.5 Å². The molecule has 0 aliphatic carbocycles. The normalized spacial score (nSPS) is 18.3. The van der Waals surface area contributed by atoms with Crippen LogP contribution in [0.2, 0.25) is 0 Å². The Morgan fingerprint density at radius 3 is 2.74 bits per heavy atom. The fourth-order valence-corrected chi connectivity index (χ4v) is 3.24. The van der Waals surface area contributed by atoms with E-state index >= 15 is 0 Å². The van der Waals surface area contributed by atoms with Crippen molar-refractivity contribution in [1.29, 1.82) is 0 Å². The highest BCUT2D eigenvalue weighted by Gasteiger charge is 2.32. The average Bonchev–Trinajstić information content (AvgIpc) is 2.96. The Bertz CT molecular complexity index is 643. The molecular formula is C15H23N3O4S.